The maximum atomic E-state index is 13.7. The van der Waals surface area contributed by atoms with E-state index in [1.807, 2.05) is 13.0 Å². The number of nitrogens with zero attached hydrogens (tertiary/aromatic N) is 1. The average Bonchev–Trinajstić information content (AvgIpc) is 2.33. The number of rotatable bonds is 4. The molecule has 0 radical (unpaired) electrons. The Labute approximate surface area is 108 Å². The SMILES string of the molecule is CCOc1ccc(CN2CCN[C@@H](C)C2)cc1F. The van der Waals surface area contributed by atoms with E-state index in [2.05, 4.69) is 17.1 Å². The highest BCUT2D eigenvalue weighted by molar-refractivity contribution is 5.29. The first-order valence-corrected chi connectivity index (χ1v) is 6.56. The van der Waals surface area contributed by atoms with Crippen molar-refractivity contribution in [2.75, 3.05) is 26.2 Å². The first-order chi connectivity index (χ1) is 8.69. The second-order valence-corrected chi connectivity index (χ2v) is 4.79. The van der Waals surface area contributed by atoms with Crippen molar-refractivity contribution in [3.63, 3.8) is 0 Å². The molecule has 1 N–H and O–H groups in total. The smallest absolute Gasteiger partial charge is 0.165 e. The highest BCUT2D eigenvalue weighted by atomic mass is 19.1. The number of benzene rings is 1. The maximum absolute atomic E-state index is 13.7. The van der Waals surface area contributed by atoms with Gasteiger partial charge in [-0.25, -0.2) is 4.39 Å². The molecule has 18 heavy (non-hydrogen) atoms. The minimum Gasteiger partial charge on any atom is -0.491 e. The highest BCUT2D eigenvalue weighted by Crippen LogP contribution is 2.19. The zero-order valence-corrected chi connectivity index (χ0v) is 11.1. The molecule has 1 fully saturated rings. The van der Waals surface area contributed by atoms with Crippen LogP contribution >= 0.6 is 0 Å². The first kappa shape index (κ1) is 13.3. The summed E-state index contributed by atoms with van der Waals surface area (Å²) in [4.78, 5) is 2.34. The summed E-state index contributed by atoms with van der Waals surface area (Å²) >= 11 is 0. The molecule has 100 valence electrons. The summed E-state index contributed by atoms with van der Waals surface area (Å²) in [5.41, 5.74) is 1.00. The molecule has 0 unspecified atom stereocenters. The molecular formula is C14H21FN2O. The van der Waals surface area contributed by atoms with Gasteiger partial charge in [0.1, 0.15) is 0 Å². The van der Waals surface area contributed by atoms with Crippen molar-refractivity contribution < 1.29 is 9.13 Å². The molecule has 3 nitrogen and oxygen atoms in total. The Kier molecular flexibility index (Phi) is 4.55. The average molecular weight is 252 g/mol. The van der Waals surface area contributed by atoms with Crippen LogP contribution in [0.3, 0.4) is 0 Å². The zero-order valence-electron chi connectivity index (χ0n) is 11.1. The largest absolute Gasteiger partial charge is 0.491 e. The van der Waals surface area contributed by atoms with Gasteiger partial charge in [0.25, 0.3) is 0 Å². The lowest BCUT2D eigenvalue weighted by Gasteiger charge is -2.31. The van der Waals surface area contributed by atoms with Gasteiger partial charge in [-0.2, -0.15) is 0 Å². The minimum atomic E-state index is -0.266. The van der Waals surface area contributed by atoms with Crippen LogP contribution in [0.2, 0.25) is 0 Å². The number of nitrogens with one attached hydrogen (secondary N) is 1. The van der Waals surface area contributed by atoms with Crippen LogP contribution in [0.25, 0.3) is 0 Å². The summed E-state index contributed by atoms with van der Waals surface area (Å²) in [5.74, 6) is 0.0764. The van der Waals surface area contributed by atoms with E-state index >= 15 is 0 Å². The molecule has 0 aromatic heterocycles. The molecule has 0 aliphatic carbocycles. The first-order valence-electron chi connectivity index (χ1n) is 6.56. The Bertz CT molecular complexity index is 397. The predicted octanol–water partition coefficient (Wildman–Crippen LogP) is 2.02. The third kappa shape index (κ3) is 3.43. The third-order valence-corrected chi connectivity index (χ3v) is 3.16. The molecule has 4 heteroatoms. The summed E-state index contributed by atoms with van der Waals surface area (Å²) in [7, 11) is 0. The molecule has 0 amide bonds. The molecule has 2 rings (SSSR count). The molecule has 0 saturated carbocycles. The summed E-state index contributed by atoms with van der Waals surface area (Å²) in [5, 5.41) is 3.40. The Morgan fingerprint density at radius 3 is 3.00 bits per heavy atom. The van der Waals surface area contributed by atoms with Crippen molar-refractivity contribution in [2.24, 2.45) is 0 Å². The minimum absolute atomic E-state index is 0.266. The predicted molar refractivity (Wildman–Crippen MR) is 70.3 cm³/mol. The van der Waals surface area contributed by atoms with Crippen molar-refractivity contribution in [1.29, 1.82) is 0 Å². The molecule has 1 atom stereocenters. The van der Waals surface area contributed by atoms with Gasteiger partial charge < -0.3 is 10.1 Å². The van der Waals surface area contributed by atoms with Crippen LogP contribution in [0.1, 0.15) is 19.4 Å². The van der Waals surface area contributed by atoms with Gasteiger partial charge in [0.15, 0.2) is 11.6 Å². The number of ether oxygens (including phenoxy) is 1. The molecule has 1 aromatic carbocycles. The fourth-order valence-corrected chi connectivity index (χ4v) is 2.33. The lowest BCUT2D eigenvalue weighted by molar-refractivity contribution is 0.199. The van der Waals surface area contributed by atoms with Crippen LogP contribution in [0.4, 0.5) is 4.39 Å². The summed E-state index contributed by atoms with van der Waals surface area (Å²) in [6, 6.07) is 5.75. The molecule has 0 spiro atoms. The Hall–Kier alpha value is -1.13. The normalized spacial score (nSPS) is 20.9. The van der Waals surface area contributed by atoms with E-state index in [4.69, 9.17) is 4.74 Å². The second kappa shape index (κ2) is 6.16. The van der Waals surface area contributed by atoms with E-state index in [0.717, 1.165) is 31.7 Å². The van der Waals surface area contributed by atoms with Gasteiger partial charge in [-0.15, -0.1) is 0 Å². The summed E-state index contributed by atoms with van der Waals surface area (Å²) in [6.07, 6.45) is 0. The molecular weight excluding hydrogens is 231 g/mol. The van der Waals surface area contributed by atoms with Gasteiger partial charge in [0, 0.05) is 32.2 Å². The molecule has 1 aliphatic heterocycles. The van der Waals surface area contributed by atoms with Gasteiger partial charge >= 0.3 is 0 Å². The highest BCUT2D eigenvalue weighted by Gasteiger charge is 2.16. The zero-order chi connectivity index (χ0) is 13.0. The molecule has 1 heterocycles. The van der Waals surface area contributed by atoms with Crippen molar-refractivity contribution in [3.8, 4) is 5.75 Å². The van der Waals surface area contributed by atoms with E-state index in [1.54, 1.807) is 12.1 Å². The summed E-state index contributed by atoms with van der Waals surface area (Å²) < 4.78 is 18.9. The lowest BCUT2D eigenvalue weighted by Crippen LogP contribution is -2.48. The van der Waals surface area contributed by atoms with Gasteiger partial charge in [-0.3, -0.25) is 4.90 Å². The summed E-state index contributed by atoms with van der Waals surface area (Å²) in [6.45, 7) is 8.34. The number of hydrogen-bond donors (Lipinski definition) is 1. The van der Waals surface area contributed by atoms with Crippen LogP contribution in [0.15, 0.2) is 18.2 Å². The van der Waals surface area contributed by atoms with Crippen molar-refractivity contribution in [2.45, 2.75) is 26.4 Å². The van der Waals surface area contributed by atoms with Gasteiger partial charge in [0.2, 0.25) is 0 Å². The van der Waals surface area contributed by atoms with Gasteiger partial charge in [-0.05, 0) is 31.5 Å². The molecule has 1 aromatic rings. The number of piperazine rings is 1. The third-order valence-electron chi connectivity index (χ3n) is 3.16. The van der Waals surface area contributed by atoms with E-state index in [0.29, 0.717) is 18.4 Å². The van der Waals surface area contributed by atoms with Gasteiger partial charge in [-0.1, -0.05) is 6.07 Å². The lowest BCUT2D eigenvalue weighted by atomic mass is 10.1. The monoisotopic (exact) mass is 252 g/mol. The molecule has 0 bridgehead atoms. The number of halogens is 1. The fourth-order valence-electron chi connectivity index (χ4n) is 2.33. The van der Waals surface area contributed by atoms with Gasteiger partial charge in [0.05, 0.1) is 6.61 Å². The van der Waals surface area contributed by atoms with E-state index < -0.39 is 0 Å². The Morgan fingerprint density at radius 2 is 2.33 bits per heavy atom. The molecule has 1 aliphatic rings. The molecule has 1 saturated heterocycles. The standard InChI is InChI=1S/C14H21FN2O/c1-3-18-14-5-4-12(8-13(14)15)10-17-7-6-16-11(2)9-17/h4-5,8,11,16H,3,6-7,9-10H2,1-2H3/t11-/m0/s1. The second-order valence-electron chi connectivity index (χ2n) is 4.79. The van der Waals surface area contributed by atoms with Crippen LogP contribution in [0.5, 0.6) is 5.75 Å². The van der Waals surface area contributed by atoms with Crippen molar-refractivity contribution in [1.82, 2.24) is 10.2 Å². The Balaban J connectivity index is 1.99. The van der Waals surface area contributed by atoms with Crippen molar-refractivity contribution in [3.05, 3.63) is 29.6 Å². The van der Waals surface area contributed by atoms with Crippen LogP contribution < -0.4 is 10.1 Å². The maximum Gasteiger partial charge on any atom is 0.165 e. The van der Waals surface area contributed by atoms with Crippen LogP contribution in [-0.4, -0.2) is 37.2 Å². The number of hydrogen-bond acceptors (Lipinski definition) is 3. The quantitative estimate of drug-likeness (QED) is 0.887. The Morgan fingerprint density at radius 1 is 1.50 bits per heavy atom. The van der Waals surface area contributed by atoms with E-state index in [1.165, 1.54) is 0 Å². The van der Waals surface area contributed by atoms with E-state index in [9.17, 15) is 4.39 Å². The van der Waals surface area contributed by atoms with Crippen molar-refractivity contribution >= 4 is 0 Å². The topological polar surface area (TPSA) is 24.5 Å². The van der Waals surface area contributed by atoms with Crippen LogP contribution in [0, 0.1) is 5.82 Å². The van der Waals surface area contributed by atoms with Crippen LogP contribution in [-0.2, 0) is 6.54 Å². The van der Waals surface area contributed by atoms with E-state index in [-0.39, 0.29) is 5.82 Å². The fraction of sp³-hybridized carbons (Fsp3) is 0.571.